The summed E-state index contributed by atoms with van der Waals surface area (Å²) in [5, 5.41) is 1.26. The van der Waals surface area contributed by atoms with Gasteiger partial charge in [0, 0.05) is 10.5 Å². The highest BCUT2D eigenvalue weighted by Gasteiger charge is 2.15. The molecule has 1 aliphatic rings. The highest BCUT2D eigenvalue weighted by molar-refractivity contribution is 7.81. The fraction of sp³-hybridized carbons (Fsp3) is 1.00. The standard InChI is InChI=1S/C6H12S2/c7-5-2-1-3-6(8)4-5/h5-8H,1-4H2. The largest absolute Gasteiger partial charge is 0.176 e. The second-order valence-electron chi connectivity index (χ2n) is 2.47. The highest BCUT2D eigenvalue weighted by atomic mass is 32.1. The van der Waals surface area contributed by atoms with Crippen molar-refractivity contribution < 1.29 is 0 Å². The molecule has 1 fully saturated rings. The maximum atomic E-state index is 4.37. The normalized spacial score (nSPS) is 39.8. The molecule has 0 aromatic heterocycles. The average Bonchev–Trinajstić information content (AvgIpc) is 1.64. The van der Waals surface area contributed by atoms with Gasteiger partial charge < -0.3 is 0 Å². The van der Waals surface area contributed by atoms with Crippen LogP contribution in [0, 0.1) is 0 Å². The lowest BCUT2D eigenvalue weighted by molar-refractivity contribution is 0.532. The van der Waals surface area contributed by atoms with E-state index >= 15 is 0 Å². The first kappa shape index (κ1) is 6.81. The Bertz CT molecular complexity index is 64.9. The zero-order valence-electron chi connectivity index (χ0n) is 4.88. The van der Waals surface area contributed by atoms with Crippen molar-refractivity contribution >= 4 is 25.3 Å². The van der Waals surface area contributed by atoms with Crippen LogP contribution in [0.3, 0.4) is 0 Å². The second-order valence-corrected chi connectivity index (χ2v) is 3.93. The van der Waals surface area contributed by atoms with Crippen molar-refractivity contribution in [2.24, 2.45) is 0 Å². The third-order valence-electron chi connectivity index (χ3n) is 1.62. The molecular formula is C6H12S2. The minimum absolute atomic E-state index is 0.631. The van der Waals surface area contributed by atoms with Crippen molar-refractivity contribution in [3.8, 4) is 0 Å². The number of hydrogen-bond donors (Lipinski definition) is 2. The molecule has 0 spiro atoms. The summed E-state index contributed by atoms with van der Waals surface area (Å²) in [4.78, 5) is 0. The molecule has 48 valence electrons. The van der Waals surface area contributed by atoms with Crippen molar-refractivity contribution in [2.45, 2.75) is 36.2 Å². The van der Waals surface area contributed by atoms with E-state index in [0.29, 0.717) is 10.5 Å². The van der Waals surface area contributed by atoms with E-state index in [9.17, 15) is 0 Å². The molecule has 2 heteroatoms. The Balaban J connectivity index is 2.23. The van der Waals surface area contributed by atoms with Gasteiger partial charge in [0.05, 0.1) is 0 Å². The van der Waals surface area contributed by atoms with Crippen molar-refractivity contribution in [2.75, 3.05) is 0 Å². The van der Waals surface area contributed by atoms with Gasteiger partial charge in [0.1, 0.15) is 0 Å². The van der Waals surface area contributed by atoms with Crippen molar-refractivity contribution in [3.05, 3.63) is 0 Å². The van der Waals surface area contributed by atoms with Gasteiger partial charge in [-0.05, 0) is 19.3 Å². The molecule has 0 nitrogen and oxygen atoms in total. The zero-order chi connectivity index (χ0) is 5.98. The minimum atomic E-state index is 0.631. The van der Waals surface area contributed by atoms with Crippen LogP contribution in [0.15, 0.2) is 0 Å². The summed E-state index contributed by atoms with van der Waals surface area (Å²) >= 11 is 8.74. The average molecular weight is 148 g/mol. The lowest BCUT2D eigenvalue weighted by Gasteiger charge is -2.21. The van der Waals surface area contributed by atoms with Crippen molar-refractivity contribution in [1.82, 2.24) is 0 Å². The van der Waals surface area contributed by atoms with Crippen molar-refractivity contribution in [3.63, 3.8) is 0 Å². The van der Waals surface area contributed by atoms with Crippen LogP contribution >= 0.6 is 25.3 Å². The summed E-state index contributed by atoms with van der Waals surface area (Å²) in [5.74, 6) is 0. The number of thiol groups is 2. The van der Waals surface area contributed by atoms with E-state index in [2.05, 4.69) is 25.3 Å². The molecule has 0 heterocycles. The lowest BCUT2D eigenvalue weighted by atomic mass is 10.00. The van der Waals surface area contributed by atoms with Crippen molar-refractivity contribution in [1.29, 1.82) is 0 Å². The Labute approximate surface area is 61.9 Å². The van der Waals surface area contributed by atoms with Gasteiger partial charge in [-0.15, -0.1) is 0 Å². The van der Waals surface area contributed by atoms with Gasteiger partial charge >= 0.3 is 0 Å². The Morgan fingerprint density at radius 1 is 1.00 bits per heavy atom. The molecule has 2 atom stereocenters. The Kier molecular flexibility index (Phi) is 2.57. The van der Waals surface area contributed by atoms with E-state index in [1.165, 1.54) is 25.7 Å². The molecule has 0 aromatic rings. The van der Waals surface area contributed by atoms with Gasteiger partial charge in [-0.2, -0.15) is 25.3 Å². The quantitative estimate of drug-likeness (QED) is 0.483. The van der Waals surface area contributed by atoms with E-state index < -0.39 is 0 Å². The van der Waals surface area contributed by atoms with Crippen LogP contribution in [0.2, 0.25) is 0 Å². The third-order valence-corrected chi connectivity index (χ3v) is 2.56. The van der Waals surface area contributed by atoms with Gasteiger partial charge in [0.25, 0.3) is 0 Å². The van der Waals surface area contributed by atoms with E-state index in [1.807, 2.05) is 0 Å². The predicted octanol–water partition coefficient (Wildman–Crippen LogP) is 2.16. The summed E-state index contributed by atoms with van der Waals surface area (Å²) in [6, 6.07) is 0. The maximum absolute atomic E-state index is 4.37. The molecule has 0 radical (unpaired) electrons. The summed E-state index contributed by atoms with van der Waals surface area (Å²) in [5.41, 5.74) is 0. The Morgan fingerprint density at radius 3 is 1.75 bits per heavy atom. The maximum Gasteiger partial charge on any atom is 0.00272 e. The molecule has 2 unspecified atom stereocenters. The number of hydrogen-bond acceptors (Lipinski definition) is 2. The van der Waals surface area contributed by atoms with E-state index in [-0.39, 0.29) is 0 Å². The van der Waals surface area contributed by atoms with Gasteiger partial charge in [-0.1, -0.05) is 6.42 Å². The first-order chi connectivity index (χ1) is 3.79. The molecule has 0 bridgehead atoms. The van der Waals surface area contributed by atoms with Crippen LogP contribution in [0.25, 0.3) is 0 Å². The molecule has 1 aliphatic carbocycles. The fourth-order valence-electron chi connectivity index (χ4n) is 1.14. The van der Waals surface area contributed by atoms with Gasteiger partial charge in [0.15, 0.2) is 0 Å². The third kappa shape index (κ3) is 1.90. The summed E-state index contributed by atoms with van der Waals surface area (Å²) < 4.78 is 0. The van der Waals surface area contributed by atoms with E-state index in [4.69, 9.17) is 0 Å². The van der Waals surface area contributed by atoms with Crippen LogP contribution in [-0.2, 0) is 0 Å². The van der Waals surface area contributed by atoms with Crippen LogP contribution in [0.5, 0.6) is 0 Å². The molecule has 0 aliphatic heterocycles. The number of rotatable bonds is 0. The molecule has 0 saturated heterocycles. The van der Waals surface area contributed by atoms with Gasteiger partial charge in [0.2, 0.25) is 0 Å². The SMILES string of the molecule is SC1CCCC(S)C1. The predicted molar refractivity (Wildman–Crippen MR) is 44.0 cm³/mol. The monoisotopic (exact) mass is 148 g/mol. The molecule has 0 amide bonds. The van der Waals surface area contributed by atoms with Crippen LogP contribution in [-0.4, -0.2) is 10.5 Å². The highest BCUT2D eigenvalue weighted by Crippen LogP contribution is 2.25. The van der Waals surface area contributed by atoms with Crippen LogP contribution < -0.4 is 0 Å². The lowest BCUT2D eigenvalue weighted by Crippen LogP contribution is -2.14. The Morgan fingerprint density at radius 2 is 1.50 bits per heavy atom. The van der Waals surface area contributed by atoms with Crippen LogP contribution in [0.4, 0.5) is 0 Å². The first-order valence-corrected chi connectivity index (χ1v) is 4.18. The van der Waals surface area contributed by atoms with E-state index in [1.54, 1.807) is 0 Å². The Hall–Kier alpha value is 0.700. The summed E-state index contributed by atoms with van der Waals surface area (Å²) in [6.45, 7) is 0. The van der Waals surface area contributed by atoms with Gasteiger partial charge in [-0.25, -0.2) is 0 Å². The van der Waals surface area contributed by atoms with Crippen LogP contribution in [0.1, 0.15) is 25.7 Å². The molecule has 0 N–H and O–H groups in total. The van der Waals surface area contributed by atoms with E-state index in [0.717, 1.165) is 0 Å². The molecule has 1 rings (SSSR count). The summed E-state index contributed by atoms with van der Waals surface area (Å²) in [6.07, 6.45) is 5.11. The smallest absolute Gasteiger partial charge is 0.00272 e. The molecule has 1 saturated carbocycles. The first-order valence-electron chi connectivity index (χ1n) is 3.15. The molecule has 0 aromatic carbocycles. The summed E-state index contributed by atoms with van der Waals surface area (Å²) in [7, 11) is 0. The molecular weight excluding hydrogens is 136 g/mol. The second kappa shape index (κ2) is 3.02. The zero-order valence-corrected chi connectivity index (χ0v) is 6.67. The molecule has 8 heavy (non-hydrogen) atoms. The fourth-order valence-corrected chi connectivity index (χ4v) is 2.18. The topological polar surface area (TPSA) is 0 Å². The minimum Gasteiger partial charge on any atom is -0.176 e. The van der Waals surface area contributed by atoms with Gasteiger partial charge in [-0.3, -0.25) is 0 Å².